The zero-order valence-electron chi connectivity index (χ0n) is 13.0. The van der Waals surface area contributed by atoms with Crippen molar-refractivity contribution in [2.45, 2.75) is 19.4 Å². The van der Waals surface area contributed by atoms with Gasteiger partial charge in [-0.25, -0.2) is 5.06 Å². The number of hydrogen-bond acceptors (Lipinski definition) is 3. The SMILES string of the molecule is CC(=O)N(O)CC1C=Cc2cccc(OCc3ccccc3)c21. The van der Waals surface area contributed by atoms with Crippen LogP contribution in [0.2, 0.25) is 0 Å². The highest BCUT2D eigenvalue weighted by molar-refractivity contribution is 5.72. The smallest absolute Gasteiger partial charge is 0.242 e. The summed E-state index contributed by atoms with van der Waals surface area (Å²) >= 11 is 0. The molecular formula is C19H19NO3. The van der Waals surface area contributed by atoms with Gasteiger partial charge < -0.3 is 4.74 Å². The zero-order chi connectivity index (χ0) is 16.2. The van der Waals surface area contributed by atoms with Gasteiger partial charge in [-0.05, 0) is 17.2 Å². The lowest BCUT2D eigenvalue weighted by atomic mass is 9.99. The third-order valence-corrected chi connectivity index (χ3v) is 3.95. The van der Waals surface area contributed by atoms with E-state index in [1.165, 1.54) is 6.92 Å². The molecule has 118 valence electrons. The van der Waals surface area contributed by atoms with Crippen molar-refractivity contribution in [3.63, 3.8) is 0 Å². The average molecular weight is 309 g/mol. The molecule has 0 fully saturated rings. The molecule has 3 rings (SSSR count). The standard InChI is InChI=1S/C19H19NO3/c1-14(21)20(22)12-17-11-10-16-8-5-9-18(19(16)17)23-13-15-6-3-2-4-7-15/h2-11,17,22H,12-13H2,1H3. The van der Waals surface area contributed by atoms with Gasteiger partial charge >= 0.3 is 0 Å². The minimum atomic E-state index is -0.366. The molecule has 1 aliphatic rings. The van der Waals surface area contributed by atoms with Gasteiger partial charge in [-0.1, -0.05) is 54.6 Å². The van der Waals surface area contributed by atoms with Gasteiger partial charge in [0, 0.05) is 18.4 Å². The summed E-state index contributed by atoms with van der Waals surface area (Å²) in [5.41, 5.74) is 3.18. The number of amides is 1. The van der Waals surface area contributed by atoms with Crippen molar-refractivity contribution in [1.82, 2.24) is 5.06 Å². The molecule has 1 atom stereocenters. The molecule has 4 nitrogen and oxygen atoms in total. The van der Waals surface area contributed by atoms with E-state index in [4.69, 9.17) is 4.74 Å². The number of carbonyl (C=O) groups excluding carboxylic acids is 1. The Kier molecular flexibility index (Phi) is 4.44. The lowest BCUT2D eigenvalue weighted by Crippen LogP contribution is -2.28. The van der Waals surface area contributed by atoms with Crippen LogP contribution in [0.25, 0.3) is 6.08 Å². The molecule has 0 bridgehead atoms. The highest BCUT2D eigenvalue weighted by atomic mass is 16.5. The van der Waals surface area contributed by atoms with Crippen LogP contribution in [0.1, 0.15) is 29.5 Å². The second-order valence-electron chi connectivity index (χ2n) is 5.60. The van der Waals surface area contributed by atoms with Gasteiger partial charge in [0.05, 0.1) is 6.54 Å². The van der Waals surface area contributed by atoms with Crippen LogP contribution >= 0.6 is 0 Å². The van der Waals surface area contributed by atoms with Crippen molar-refractivity contribution in [3.05, 3.63) is 71.3 Å². The largest absolute Gasteiger partial charge is 0.489 e. The fraction of sp³-hybridized carbons (Fsp3) is 0.211. The molecule has 1 aliphatic carbocycles. The first-order chi connectivity index (χ1) is 11.1. The van der Waals surface area contributed by atoms with Gasteiger partial charge in [0.25, 0.3) is 0 Å². The first kappa shape index (κ1) is 15.3. The fourth-order valence-corrected chi connectivity index (χ4v) is 2.75. The second-order valence-corrected chi connectivity index (χ2v) is 5.60. The Morgan fingerprint density at radius 2 is 1.96 bits per heavy atom. The normalized spacial score (nSPS) is 15.3. The monoisotopic (exact) mass is 309 g/mol. The number of hydroxylamine groups is 2. The van der Waals surface area contributed by atoms with Gasteiger partial charge in [0.1, 0.15) is 12.4 Å². The molecule has 1 unspecified atom stereocenters. The van der Waals surface area contributed by atoms with Gasteiger partial charge in [0.2, 0.25) is 5.91 Å². The van der Waals surface area contributed by atoms with Gasteiger partial charge in [-0.15, -0.1) is 0 Å². The maximum Gasteiger partial charge on any atom is 0.242 e. The Morgan fingerprint density at radius 1 is 1.17 bits per heavy atom. The summed E-state index contributed by atoms with van der Waals surface area (Å²) in [6.45, 7) is 2.06. The molecule has 1 amide bonds. The van der Waals surface area contributed by atoms with Gasteiger partial charge in [-0.2, -0.15) is 0 Å². The molecule has 0 saturated heterocycles. The topological polar surface area (TPSA) is 49.8 Å². The number of rotatable bonds is 5. The average Bonchev–Trinajstić information content (AvgIpc) is 2.97. The van der Waals surface area contributed by atoms with E-state index in [0.717, 1.165) is 27.5 Å². The van der Waals surface area contributed by atoms with E-state index >= 15 is 0 Å². The minimum absolute atomic E-state index is 0.0640. The van der Waals surface area contributed by atoms with Crippen molar-refractivity contribution in [2.75, 3.05) is 6.54 Å². The Hall–Kier alpha value is -2.59. The summed E-state index contributed by atoms with van der Waals surface area (Å²) in [5.74, 6) is 0.360. The number of hydrogen-bond donors (Lipinski definition) is 1. The molecule has 4 heteroatoms. The van der Waals surface area contributed by atoms with E-state index in [1.54, 1.807) is 0 Å². The lowest BCUT2D eigenvalue weighted by molar-refractivity contribution is -0.163. The molecular weight excluding hydrogens is 290 g/mol. The highest BCUT2D eigenvalue weighted by Gasteiger charge is 2.24. The van der Waals surface area contributed by atoms with E-state index in [-0.39, 0.29) is 18.4 Å². The van der Waals surface area contributed by atoms with Crippen molar-refractivity contribution < 1.29 is 14.7 Å². The number of carbonyl (C=O) groups is 1. The Morgan fingerprint density at radius 3 is 2.70 bits per heavy atom. The summed E-state index contributed by atoms with van der Waals surface area (Å²) in [5, 5.41) is 10.5. The maximum atomic E-state index is 11.3. The second kappa shape index (κ2) is 6.67. The summed E-state index contributed by atoms with van der Waals surface area (Å²) < 4.78 is 5.98. The summed E-state index contributed by atoms with van der Waals surface area (Å²) in [6, 6.07) is 15.9. The van der Waals surface area contributed by atoms with Crippen LogP contribution in [-0.4, -0.2) is 22.7 Å². The molecule has 2 aromatic rings. The van der Waals surface area contributed by atoms with Crippen LogP contribution in [-0.2, 0) is 11.4 Å². The molecule has 2 aromatic carbocycles. The molecule has 0 radical (unpaired) electrons. The third kappa shape index (κ3) is 3.43. The third-order valence-electron chi connectivity index (χ3n) is 3.95. The highest BCUT2D eigenvalue weighted by Crippen LogP contribution is 2.37. The summed E-state index contributed by atoms with van der Waals surface area (Å²) in [7, 11) is 0. The molecule has 0 saturated carbocycles. The Balaban J connectivity index is 1.78. The first-order valence-corrected chi connectivity index (χ1v) is 7.60. The van der Waals surface area contributed by atoms with Crippen LogP contribution < -0.4 is 4.74 Å². The Labute approximate surface area is 135 Å². The molecule has 0 aliphatic heterocycles. The van der Waals surface area contributed by atoms with E-state index in [1.807, 2.05) is 60.7 Å². The molecule has 0 spiro atoms. The van der Waals surface area contributed by atoms with Crippen LogP contribution in [0.15, 0.2) is 54.6 Å². The van der Waals surface area contributed by atoms with E-state index in [0.29, 0.717) is 6.61 Å². The number of nitrogens with zero attached hydrogens (tertiary/aromatic N) is 1. The Bertz CT molecular complexity index is 725. The van der Waals surface area contributed by atoms with Gasteiger partial charge in [-0.3, -0.25) is 10.0 Å². The van der Waals surface area contributed by atoms with Gasteiger partial charge in [0.15, 0.2) is 0 Å². The lowest BCUT2D eigenvalue weighted by Gasteiger charge is -2.20. The predicted octanol–water partition coefficient (Wildman–Crippen LogP) is 3.61. The van der Waals surface area contributed by atoms with E-state index in [2.05, 4.69) is 0 Å². The fourth-order valence-electron chi connectivity index (χ4n) is 2.75. The molecule has 1 N–H and O–H groups in total. The molecule has 0 aromatic heterocycles. The van der Waals surface area contributed by atoms with Crippen molar-refractivity contribution in [3.8, 4) is 5.75 Å². The summed E-state index contributed by atoms with van der Waals surface area (Å²) in [6.07, 6.45) is 4.00. The zero-order valence-corrected chi connectivity index (χ0v) is 13.0. The number of ether oxygens (including phenoxy) is 1. The van der Waals surface area contributed by atoms with Crippen molar-refractivity contribution in [1.29, 1.82) is 0 Å². The van der Waals surface area contributed by atoms with E-state index in [9.17, 15) is 10.0 Å². The van der Waals surface area contributed by atoms with Crippen molar-refractivity contribution in [2.24, 2.45) is 0 Å². The number of fused-ring (bicyclic) bond motifs is 1. The quantitative estimate of drug-likeness (QED) is 0.678. The predicted molar refractivity (Wildman–Crippen MR) is 88.2 cm³/mol. The van der Waals surface area contributed by atoms with Crippen LogP contribution in [0.5, 0.6) is 5.75 Å². The minimum Gasteiger partial charge on any atom is -0.489 e. The van der Waals surface area contributed by atoms with Crippen molar-refractivity contribution >= 4 is 12.0 Å². The van der Waals surface area contributed by atoms with E-state index < -0.39 is 0 Å². The van der Waals surface area contributed by atoms with Crippen LogP contribution in [0.3, 0.4) is 0 Å². The summed E-state index contributed by atoms with van der Waals surface area (Å²) in [4.78, 5) is 11.3. The molecule has 0 heterocycles. The van der Waals surface area contributed by atoms with Crippen LogP contribution in [0.4, 0.5) is 0 Å². The van der Waals surface area contributed by atoms with Crippen LogP contribution in [0, 0.1) is 0 Å². The first-order valence-electron chi connectivity index (χ1n) is 7.60. The number of benzene rings is 2. The maximum absolute atomic E-state index is 11.3. The molecule has 23 heavy (non-hydrogen) atoms.